The summed E-state index contributed by atoms with van der Waals surface area (Å²) in [7, 11) is -3.19. The van der Waals surface area contributed by atoms with Gasteiger partial charge < -0.3 is 14.5 Å². The molecule has 5 rings (SSSR count). The van der Waals surface area contributed by atoms with Gasteiger partial charge in [-0.15, -0.1) is 11.3 Å². The van der Waals surface area contributed by atoms with Crippen molar-refractivity contribution in [3.63, 3.8) is 0 Å². The van der Waals surface area contributed by atoms with Crippen LogP contribution in [0.5, 0.6) is 0 Å². The van der Waals surface area contributed by atoms with Crippen LogP contribution < -0.4 is 0 Å². The molecule has 33 heavy (non-hydrogen) atoms. The monoisotopic (exact) mass is 484 g/mol. The second-order valence-electron chi connectivity index (χ2n) is 8.99. The lowest BCUT2D eigenvalue weighted by molar-refractivity contribution is -0.107. The molecular weight excluding hydrogens is 456 g/mol. The van der Waals surface area contributed by atoms with Gasteiger partial charge in [0, 0.05) is 42.3 Å². The van der Waals surface area contributed by atoms with Crippen molar-refractivity contribution >= 4 is 27.5 Å². The van der Waals surface area contributed by atoms with E-state index in [1.165, 1.54) is 11.3 Å². The normalized spacial score (nSPS) is 18.3. The molecular formula is C25H28N2O4S2. The first-order chi connectivity index (χ1) is 16.0. The van der Waals surface area contributed by atoms with Crippen LogP contribution in [-0.4, -0.2) is 43.1 Å². The molecule has 1 aromatic carbocycles. The number of carbonyl (C=O) groups excluding carboxylic acids is 1. The van der Waals surface area contributed by atoms with Crippen molar-refractivity contribution in [2.24, 2.45) is 5.92 Å². The number of nitrogens with zero attached hydrogens (tertiary/aromatic N) is 1. The van der Waals surface area contributed by atoms with E-state index in [0.29, 0.717) is 17.2 Å². The Balaban J connectivity index is 1.43. The number of nitrogens with one attached hydrogen (secondary N) is 1. The Hall–Kier alpha value is -2.29. The smallest absolute Gasteiger partial charge is 0.181 e. The van der Waals surface area contributed by atoms with Gasteiger partial charge >= 0.3 is 0 Å². The van der Waals surface area contributed by atoms with Crippen molar-refractivity contribution in [3.05, 3.63) is 58.7 Å². The van der Waals surface area contributed by atoms with E-state index in [1.54, 1.807) is 18.3 Å². The van der Waals surface area contributed by atoms with Crippen LogP contribution >= 0.6 is 11.3 Å². The largest absolute Gasteiger partial charge is 0.381 e. The first kappa shape index (κ1) is 22.5. The minimum Gasteiger partial charge on any atom is -0.381 e. The summed E-state index contributed by atoms with van der Waals surface area (Å²) in [5, 5.41) is 0.670. The lowest BCUT2D eigenvalue weighted by atomic mass is 9.83. The SMILES string of the molecule is O=CCc1cnc(-c2ccc(C(CC3CCOCC3)c3ccc(S(=O)(=O)C4CC4)cc3)[nH]2)s1. The van der Waals surface area contributed by atoms with Crippen LogP contribution in [0, 0.1) is 5.92 Å². The zero-order chi connectivity index (χ0) is 22.8. The summed E-state index contributed by atoms with van der Waals surface area (Å²) in [5.74, 6) is 0.693. The first-order valence-electron chi connectivity index (χ1n) is 11.5. The molecule has 0 spiro atoms. The molecule has 3 aromatic rings. The van der Waals surface area contributed by atoms with E-state index in [4.69, 9.17) is 4.74 Å². The van der Waals surface area contributed by atoms with E-state index in [9.17, 15) is 13.2 Å². The van der Waals surface area contributed by atoms with E-state index in [0.717, 1.165) is 78.4 Å². The molecule has 1 atom stereocenters. The van der Waals surface area contributed by atoms with E-state index in [-0.39, 0.29) is 11.2 Å². The summed E-state index contributed by atoms with van der Waals surface area (Å²) in [6, 6.07) is 11.7. The Kier molecular flexibility index (Phi) is 6.49. The van der Waals surface area contributed by atoms with Gasteiger partial charge in [-0.2, -0.15) is 0 Å². The third kappa shape index (κ3) is 4.98. The van der Waals surface area contributed by atoms with E-state index in [2.05, 4.69) is 16.0 Å². The van der Waals surface area contributed by atoms with E-state index < -0.39 is 9.84 Å². The molecule has 2 aliphatic rings. The summed E-state index contributed by atoms with van der Waals surface area (Å²) >= 11 is 1.52. The highest BCUT2D eigenvalue weighted by Crippen LogP contribution is 2.38. The minimum atomic E-state index is -3.19. The average Bonchev–Trinajstić information content (AvgIpc) is 3.42. The molecule has 174 valence electrons. The molecule has 2 fully saturated rings. The van der Waals surface area contributed by atoms with Crippen molar-refractivity contribution in [3.8, 4) is 10.7 Å². The molecule has 1 aliphatic heterocycles. The van der Waals surface area contributed by atoms with Gasteiger partial charge in [0.05, 0.1) is 15.8 Å². The predicted octanol–water partition coefficient (Wildman–Crippen LogP) is 4.76. The maximum absolute atomic E-state index is 12.6. The molecule has 2 aromatic heterocycles. The zero-order valence-electron chi connectivity index (χ0n) is 18.4. The Labute approximate surface area is 198 Å². The maximum Gasteiger partial charge on any atom is 0.181 e. The van der Waals surface area contributed by atoms with Gasteiger partial charge in [-0.25, -0.2) is 13.4 Å². The molecule has 1 saturated heterocycles. The molecule has 0 radical (unpaired) electrons. The van der Waals surface area contributed by atoms with Crippen LogP contribution in [0.15, 0.2) is 47.5 Å². The van der Waals surface area contributed by atoms with Crippen LogP contribution in [0.2, 0.25) is 0 Å². The molecule has 0 bridgehead atoms. The quantitative estimate of drug-likeness (QED) is 0.442. The second kappa shape index (κ2) is 9.52. The standard InChI is InChI=1S/C25H28N2O4S2/c28-12-9-19-16-26-25(32-19)24-8-7-23(27-24)22(15-17-10-13-31-14-11-17)18-1-3-20(4-2-18)33(29,30)21-5-6-21/h1-4,7-8,12,16-17,21-22,27H,5-6,9-11,13-15H2. The van der Waals surface area contributed by atoms with Gasteiger partial charge in [0.25, 0.3) is 0 Å². The zero-order valence-corrected chi connectivity index (χ0v) is 20.0. The molecule has 8 heteroatoms. The van der Waals surface area contributed by atoms with Gasteiger partial charge in [0.15, 0.2) is 9.84 Å². The second-order valence-corrected chi connectivity index (χ2v) is 12.3. The van der Waals surface area contributed by atoms with Gasteiger partial charge in [0.1, 0.15) is 11.3 Å². The fourth-order valence-electron chi connectivity index (χ4n) is 4.57. The number of benzene rings is 1. The third-order valence-corrected chi connectivity index (χ3v) is 9.97. The number of H-pyrrole nitrogens is 1. The highest BCUT2D eigenvalue weighted by molar-refractivity contribution is 7.92. The number of aldehydes is 1. The number of hydrogen-bond acceptors (Lipinski definition) is 6. The molecule has 6 nitrogen and oxygen atoms in total. The Morgan fingerprint density at radius 3 is 2.55 bits per heavy atom. The van der Waals surface area contributed by atoms with Crippen LogP contribution in [0.4, 0.5) is 0 Å². The molecule has 1 saturated carbocycles. The van der Waals surface area contributed by atoms with Gasteiger partial charge in [-0.3, -0.25) is 0 Å². The van der Waals surface area contributed by atoms with Crippen LogP contribution in [0.1, 0.15) is 54.2 Å². The molecule has 0 amide bonds. The van der Waals surface area contributed by atoms with Crippen molar-refractivity contribution in [1.29, 1.82) is 0 Å². The Morgan fingerprint density at radius 2 is 1.85 bits per heavy atom. The van der Waals surface area contributed by atoms with Gasteiger partial charge in [0.2, 0.25) is 0 Å². The number of aromatic nitrogens is 2. The van der Waals surface area contributed by atoms with Crippen LogP contribution in [0.3, 0.4) is 0 Å². The number of aromatic amines is 1. The summed E-state index contributed by atoms with van der Waals surface area (Å²) < 4.78 is 30.8. The number of ether oxygens (including phenoxy) is 1. The molecule has 1 aliphatic carbocycles. The first-order valence-corrected chi connectivity index (χ1v) is 13.9. The number of sulfone groups is 1. The number of thiazole rings is 1. The number of rotatable bonds is 9. The van der Waals surface area contributed by atoms with Crippen molar-refractivity contribution in [1.82, 2.24) is 9.97 Å². The minimum absolute atomic E-state index is 0.133. The van der Waals surface area contributed by atoms with E-state index in [1.807, 2.05) is 18.2 Å². The summed E-state index contributed by atoms with van der Waals surface area (Å²) in [6.07, 6.45) is 7.64. The lowest BCUT2D eigenvalue weighted by Gasteiger charge is -2.27. The lowest BCUT2D eigenvalue weighted by Crippen LogP contribution is -2.19. The Bertz CT molecular complexity index is 1200. The molecule has 1 N–H and O–H groups in total. The topological polar surface area (TPSA) is 89.1 Å². The summed E-state index contributed by atoms with van der Waals surface area (Å²) in [5.41, 5.74) is 3.16. The van der Waals surface area contributed by atoms with E-state index >= 15 is 0 Å². The fraction of sp³-hybridized carbons (Fsp3) is 0.440. The summed E-state index contributed by atoms with van der Waals surface area (Å²) in [6.45, 7) is 1.59. The number of hydrogen-bond donors (Lipinski definition) is 1. The molecule has 1 unspecified atom stereocenters. The maximum atomic E-state index is 12.6. The predicted molar refractivity (Wildman–Crippen MR) is 128 cm³/mol. The van der Waals surface area contributed by atoms with Gasteiger partial charge in [-0.1, -0.05) is 12.1 Å². The Morgan fingerprint density at radius 1 is 1.09 bits per heavy atom. The number of carbonyl (C=O) groups is 1. The van der Waals surface area contributed by atoms with Gasteiger partial charge in [-0.05, 0) is 67.9 Å². The fourth-order valence-corrected chi connectivity index (χ4v) is 7.06. The van der Waals surface area contributed by atoms with Crippen molar-refractivity contribution in [2.45, 2.75) is 54.6 Å². The summed E-state index contributed by atoms with van der Waals surface area (Å²) in [4.78, 5) is 20.2. The highest BCUT2D eigenvalue weighted by atomic mass is 32.2. The third-order valence-electron chi connectivity index (χ3n) is 6.64. The molecule has 3 heterocycles. The average molecular weight is 485 g/mol. The highest BCUT2D eigenvalue weighted by Gasteiger charge is 2.37. The van der Waals surface area contributed by atoms with Crippen molar-refractivity contribution in [2.75, 3.05) is 13.2 Å². The van der Waals surface area contributed by atoms with Crippen molar-refractivity contribution < 1.29 is 17.9 Å². The van der Waals surface area contributed by atoms with Crippen LogP contribution in [-0.2, 0) is 25.8 Å². The van der Waals surface area contributed by atoms with Crippen LogP contribution in [0.25, 0.3) is 10.7 Å².